The number of nitrogens with one attached hydrogen (secondary N) is 1. The van der Waals surface area contributed by atoms with Gasteiger partial charge < -0.3 is 10.2 Å². The van der Waals surface area contributed by atoms with Crippen molar-refractivity contribution in [2.75, 3.05) is 20.1 Å². The Kier molecular flexibility index (Phi) is 5.58. The summed E-state index contributed by atoms with van der Waals surface area (Å²) in [5, 5.41) is 3.25. The van der Waals surface area contributed by atoms with Gasteiger partial charge in [-0.25, -0.2) is 4.98 Å². The van der Waals surface area contributed by atoms with Crippen LogP contribution in [0.15, 0.2) is 5.51 Å². The Morgan fingerprint density at radius 2 is 2.35 bits per heavy atom. The molecular formula is C12H21N3OS. The van der Waals surface area contributed by atoms with Crippen LogP contribution in [0.2, 0.25) is 0 Å². The quantitative estimate of drug-likeness (QED) is 0.837. The molecule has 0 saturated heterocycles. The molecule has 17 heavy (non-hydrogen) atoms. The zero-order valence-corrected chi connectivity index (χ0v) is 11.8. The van der Waals surface area contributed by atoms with Gasteiger partial charge in [0.05, 0.1) is 17.2 Å². The molecule has 1 aromatic heterocycles. The van der Waals surface area contributed by atoms with Crippen LogP contribution in [0, 0.1) is 6.92 Å². The van der Waals surface area contributed by atoms with E-state index in [2.05, 4.69) is 10.3 Å². The average molecular weight is 255 g/mol. The lowest BCUT2D eigenvalue weighted by Crippen LogP contribution is -2.43. The molecule has 0 radical (unpaired) electrons. The van der Waals surface area contributed by atoms with Crippen LogP contribution < -0.4 is 5.32 Å². The number of nitrogens with zero attached hydrogens (tertiary/aromatic N) is 2. The molecule has 1 unspecified atom stereocenters. The summed E-state index contributed by atoms with van der Waals surface area (Å²) in [4.78, 5) is 19.0. The lowest BCUT2D eigenvalue weighted by Gasteiger charge is -2.20. The van der Waals surface area contributed by atoms with E-state index in [0.29, 0.717) is 0 Å². The summed E-state index contributed by atoms with van der Waals surface area (Å²) in [6.45, 7) is 7.47. The summed E-state index contributed by atoms with van der Waals surface area (Å²) < 4.78 is 0. The van der Waals surface area contributed by atoms with E-state index in [4.69, 9.17) is 0 Å². The van der Waals surface area contributed by atoms with E-state index in [1.807, 2.05) is 33.3 Å². The van der Waals surface area contributed by atoms with Crippen LogP contribution in [0.25, 0.3) is 0 Å². The van der Waals surface area contributed by atoms with Crippen molar-refractivity contribution in [3.8, 4) is 0 Å². The fourth-order valence-electron chi connectivity index (χ4n) is 1.54. The molecule has 4 nitrogen and oxygen atoms in total. The van der Waals surface area contributed by atoms with Crippen molar-refractivity contribution in [3.63, 3.8) is 0 Å². The van der Waals surface area contributed by atoms with Crippen molar-refractivity contribution >= 4 is 17.2 Å². The first-order valence-electron chi connectivity index (χ1n) is 5.93. The standard InChI is InChI=1S/C12H21N3OS/c1-5-15(4)12(16)10(3)13-7-6-11-9(2)14-8-17-11/h8,10,13H,5-7H2,1-4H3. The molecule has 96 valence electrons. The third-order valence-electron chi connectivity index (χ3n) is 2.87. The minimum Gasteiger partial charge on any atom is -0.345 e. The van der Waals surface area contributed by atoms with Gasteiger partial charge in [0.2, 0.25) is 5.91 Å². The highest BCUT2D eigenvalue weighted by atomic mass is 32.1. The number of likely N-dealkylation sites (N-methyl/N-ethyl adjacent to an activating group) is 1. The van der Waals surface area contributed by atoms with E-state index in [-0.39, 0.29) is 11.9 Å². The largest absolute Gasteiger partial charge is 0.345 e. The van der Waals surface area contributed by atoms with Gasteiger partial charge in [-0.05, 0) is 27.2 Å². The second kappa shape index (κ2) is 6.71. The first kappa shape index (κ1) is 14.1. The van der Waals surface area contributed by atoms with Crippen LogP contribution in [-0.2, 0) is 11.2 Å². The zero-order valence-electron chi connectivity index (χ0n) is 11.0. The first-order valence-corrected chi connectivity index (χ1v) is 6.81. The molecule has 1 aromatic rings. The highest BCUT2D eigenvalue weighted by Gasteiger charge is 2.15. The van der Waals surface area contributed by atoms with Crippen LogP contribution in [-0.4, -0.2) is 42.0 Å². The molecule has 1 N–H and O–H groups in total. The topological polar surface area (TPSA) is 45.2 Å². The monoisotopic (exact) mass is 255 g/mol. The van der Waals surface area contributed by atoms with Gasteiger partial charge in [-0.3, -0.25) is 4.79 Å². The van der Waals surface area contributed by atoms with Gasteiger partial charge in [0.15, 0.2) is 0 Å². The fourth-order valence-corrected chi connectivity index (χ4v) is 2.32. The van der Waals surface area contributed by atoms with Crippen LogP contribution >= 0.6 is 11.3 Å². The third kappa shape index (κ3) is 4.09. The summed E-state index contributed by atoms with van der Waals surface area (Å²) in [5.74, 6) is 0.147. The Labute approximate surface area is 107 Å². The molecule has 0 spiro atoms. The average Bonchev–Trinajstić information content (AvgIpc) is 2.73. The van der Waals surface area contributed by atoms with Gasteiger partial charge in [-0.1, -0.05) is 0 Å². The predicted octanol–water partition coefficient (Wildman–Crippen LogP) is 1.45. The summed E-state index contributed by atoms with van der Waals surface area (Å²) in [6, 6.07) is -0.117. The van der Waals surface area contributed by atoms with Gasteiger partial charge in [-0.15, -0.1) is 11.3 Å². The van der Waals surface area contributed by atoms with Crippen LogP contribution in [0.5, 0.6) is 0 Å². The van der Waals surface area contributed by atoms with Gasteiger partial charge in [0.1, 0.15) is 0 Å². The second-order valence-electron chi connectivity index (χ2n) is 4.14. The number of aromatic nitrogens is 1. The van der Waals surface area contributed by atoms with E-state index in [0.717, 1.165) is 25.2 Å². The second-order valence-corrected chi connectivity index (χ2v) is 5.08. The summed E-state index contributed by atoms with van der Waals surface area (Å²) >= 11 is 1.67. The molecule has 0 aliphatic heterocycles. The maximum absolute atomic E-state index is 11.8. The Hall–Kier alpha value is -0.940. The number of thiazole rings is 1. The molecule has 5 heteroatoms. The zero-order chi connectivity index (χ0) is 12.8. The number of carbonyl (C=O) groups is 1. The van der Waals surface area contributed by atoms with Crippen molar-refractivity contribution in [3.05, 3.63) is 16.1 Å². The van der Waals surface area contributed by atoms with Gasteiger partial charge >= 0.3 is 0 Å². The number of hydrogen-bond donors (Lipinski definition) is 1. The summed E-state index contributed by atoms with van der Waals surface area (Å²) in [7, 11) is 1.83. The summed E-state index contributed by atoms with van der Waals surface area (Å²) in [5.41, 5.74) is 2.96. The minimum absolute atomic E-state index is 0.117. The van der Waals surface area contributed by atoms with Crippen molar-refractivity contribution in [2.24, 2.45) is 0 Å². The number of carbonyl (C=O) groups excluding carboxylic acids is 1. The minimum atomic E-state index is -0.117. The van der Waals surface area contributed by atoms with Gasteiger partial charge in [0.25, 0.3) is 0 Å². The first-order chi connectivity index (χ1) is 8.06. The van der Waals surface area contributed by atoms with Crippen molar-refractivity contribution in [2.45, 2.75) is 33.2 Å². The molecule has 0 aromatic carbocycles. The lowest BCUT2D eigenvalue weighted by molar-refractivity contribution is -0.131. The Morgan fingerprint density at radius 1 is 1.65 bits per heavy atom. The SMILES string of the molecule is CCN(C)C(=O)C(C)NCCc1scnc1C. The maximum Gasteiger partial charge on any atom is 0.239 e. The fraction of sp³-hybridized carbons (Fsp3) is 0.667. The van der Waals surface area contributed by atoms with Crippen LogP contribution in [0.1, 0.15) is 24.4 Å². The predicted molar refractivity (Wildman–Crippen MR) is 71.3 cm³/mol. The smallest absolute Gasteiger partial charge is 0.239 e. The number of hydrogen-bond acceptors (Lipinski definition) is 4. The molecule has 0 aliphatic carbocycles. The lowest BCUT2D eigenvalue weighted by atomic mass is 10.2. The number of aryl methyl sites for hydroxylation is 1. The van der Waals surface area contributed by atoms with Crippen molar-refractivity contribution in [1.82, 2.24) is 15.2 Å². The molecule has 0 aliphatic rings. The number of rotatable bonds is 6. The normalized spacial score (nSPS) is 12.5. The molecule has 0 bridgehead atoms. The molecule has 0 saturated carbocycles. The highest BCUT2D eigenvalue weighted by Crippen LogP contribution is 2.11. The van der Waals surface area contributed by atoms with Gasteiger partial charge in [-0.2, -0.15) is 0 Å². The molecule has 0 fully saturated rings. The van der Waals surface area contributed by atoms with Gasteiger partial charge in [0, 0.05) is 25.0 Å². The number of amides is 1. The molecule has 1 amide bonds. The summed E-state index contributed by atoms with van der Waals surface area (Å²) in [6.07, 6.45) is 0.934. The van der Waals surface area contributed by atoms with Crippen molar-refractivity contribution < 1.29 is 4.79 Å². The maximum atomic E-state index is 11.8. The Bertz CT molecular complexity index is 364. The molecular weight excluding hydrogens is 234 g/mol. The van der Waals surface area contributed by atoms with E-state index >= 15 is 0 Å². The van der Waals surface area contributed by atoms with Crippen molar-refractivity contribution in [1.29, 1.82) is 0 Å². The molecule has 1 rings (SSSR count). The molecule has 1 heterocycles. The third-order valence-corrected chi connectivity index (χ3v) is 3.86. The van der Waals surface area contributed by atoms with E-state index in [1.165, 1.54) is 4.88 Å². The Morgan fingerprint density at radius 3 is 2.88 bits per heavy atom. The van der Waals surface area contributed by atoms with E-state index in [9.17, 15) is 4.79 Å². The van der Waals surface area contributed by atoms with Crippen LogP contribution in [0.3, 0.4) is 0 Å². The van der Waals surface area contributed by atoms with E-state index < -0.39 is 0 Å². The van der Waals surface area contributed by atoms with Crippen LogP contribution in [0.4, 0.5) is 0 Å². The van der Waals surface area contributed by atoms with E-state index in [1.54, 1.807) is 16.2 Å². The Balaban J connectivity index is 2.31. The molecule has 1 atom stereocenters. The highest BCUT2D eigenvalue weighted by molar-refractivity contribution is 7.09.